The van der Waals surface area contributed by atoms with Crippen LogP contribution < -0.4 is 10.6 Å². The molecule has 0 spiro atoms. The van der Waals surface area contributed by atoms with E-state index in [1.807, 2.05) is 49.4 Å². The predicted octanol–water partition coefficient (Wildman–Crippen LogP) is 3.05. The van der Waals surface area contributed by atoms with Gasteiger partial charge < -0.3 is 29.8 Å². The lowest BCUT2D eigenvalue weighted by atomic mass is 10.1. The van der Waals surface area contributed by atoms with Crippen LogP contribution in [-0.2, 0) is 4.74 Å². The summed E-state index contributed by atoms with van der Waals surface area (Å²) in [6.07, 6.45) is 13.9. The Balaban J connectivity index is 0.000000216. The van der Waals surface area contributed by atoms with E-state index >= 15 is 0 Å². The van der Waals surface area contributed by atoms with Crippen LogP contribution >= 0.6 is 0 Å². The number of fused-ring (bicyclic) bond motifs is 1. The SMILES string of the molecule is Cc1c[nH]c(C(=O)N2CC=CC3NC(NC(=O)OC(C)(C)C)=NC32)c1.O=C(c1ccc[nH]1)N1C=CC=CC1. The maximum Gasteiger partial charge on any atom is 0.414 e. The zero-order valence-electron chi connectivity index (χ0n) is 21.9. The fraction of sp³-hybridized carbons (Fsp3) is 0.333. The highest BCUT2D eigenvalue weighted by molar-refractivity contribution is 5.97. The third-order valence-corrected chi connectivity index (χ3v) is 5.69. The summed E-state index contributed by atoms with van der Waals surface area (Å²) in [5, 5.41) is 5.69. The molecule has 5 rings (SSSR count). The van der Waals surface area contributed by atoms with Gasteiger partial charge in [0.15, 0.2) is 6.17 Å². The first kappa shape index (κ1) is 26.5. The van der Waals surface area contributed by atoms with Crippen LogP contribution in [0.3, 0.4) is 0 Å². The van der Waals surface area contributed by atoms with Crippen LogP contribution in [0.1, 0.15) is 47.3 Å². The Kier molecular flexibility index (Phi) is 7.85. The summed E-state index contributed by atoms with van der Waals surface area (Å²) in [4.78, 5) is 49.9. The van der Waals surface area contributed by atoms with Crippen LogP contribution in [0, 0.1) is 6.92 Å². The van der Waals surface area contributed by atoms with Crippen molar-refractivity contribution in [3.8, 4) is 0 Å². The lowest BCUT2D eigenvalue weighted by molar-refractivity contribution is 0.0561. The number of nitrogens with zero attached hydrogens (tertiary/aromatic N) is 3. The van der Waals surface area contributed by atoms with Gasteiger partial charge in [-0.3, -0.25) is 14.9 Å². The summed E-state index contributed by atoms with van der Waals surface area (Å²) in [6.45, 7) is 8.40. The van der Waals surface area contributed by atoms with E-state index in [2.05, 4.69) is 25.6 Å². The van der Waals surface area contributed by atoms with Crippen molar-refractivity contribution in [3.05, 3.63) is 84.1 Å². The average molecular weight is 520 g/mol. The molecular formula is C27H33N7O4. The van der Waals surface area contributed by atoms with Gasteiger partial charge in [0.25, 0.3) is 11.8 Å². The topological polar surface area (TPSA) is 135 Å². The first-order valence-corrected chi connectivity index (χ1v) is 12.4. The number of H-pyrrole nitrogens is 2. The molecule has 0 aliphatic carbocycles. The monoisotopic (exact) mass is 519 g/mol. The highest BCUT2D eigenvalue weighted by Gasteiger charge is 2.37. The van der Waals surface area contributed by atoms with Crippen molar-refractivity contribution in [1.29, 1.82) is 0 Å². The first-order valence-electron chi connectivity index (χ1n) is 12.4. The number of carbonyl (C=O) groups excluding carboxylic acids is 3. The lowest BCUT2D eigenvalue weighted by Gasteiger charge is -2.31. The number of rotatable bonds is 2. The zero-order valence-corrected chi connectivity index (χ0v) is 21.9. The number of hydrogen-bond acceptors (Lipinski definition) is 6. The second-order valence-electron chi connectivity index (χ2n) is 9.98. The zero-order chi connectivity index (χ0) is 27.3. The van der Waals surface area contributed by atoms with Crippen molar-refractivity contribution in [2.75, 3.05) is 13.1 Å². The Morgan fingerprint density at radius 1 is 1.08 bits per heavy atom. The number of aliphatic imine (C=N–C) groups is 1. The number of ether oxygens (including phenoxy) is 1. The quantitative estimate of drug-likeness (QED) is 0.453. The van der Waals surface area contributed by atoms with E-state index in [-0.39, 0.29) is 17.9 Å². The van der Waals surface area contributed by atoms with Crippen LogP contribution in [0.2, 0.25) is 0 Å². The van der Waals surface area contributed by atoms with Crippen molar-refractivity contribution in [1.82, 2.24) is 30.4 Å². The molecule has 200 valence electrons. The Bertz CT molecular complexity index is 1280. The summed E-state index contributed by atoms with van der Waals surface area (Å²) in [7, 11) is 0. The van der Waals surface area contributed by atoms with Crippen LogP contribution in [-0.4, -0.2) is 74.5 Å². The number of hydrogen-bond donors (Lipinski definition) is 4. The molecule has 2 aromatic heterocycles. The Hall–Kier alpha value is -4.54. The van der Waals surface area contributed by atoms with Gasteiger partial charge in [0.05, 0.1) is 6.04 Å². The van der Waals surface area contributed by atoms with E-state index in [1.54, 1.807) is 55.2 Å². The molecule has 0 fully saturated rings. The number of carbonyl (C=O) groups is 3. The van der Waals surface area contributed by atoms with Crippen LogP contribution in [0.4, 0.5) is 4.79 Å². The summed E-state index contributed by atoms with van der Waals surface area (Å²) in [6, 6.07) is 5.21. The predicted molar refractivity (Wildman–Crippen MR) is 143 cm³/mol. The highest BCUT2D eigenvalue weighted by atomic mass is 16.6. The smallest absolute Gasteiger partial charge is 0.414 e. The molecule has 3 amide bonds. The Morgan fingerprint density at radius 2 is 1.89 bits per heavy atom. The Labute approximate surface area is 221 Å². The molecule has 11 nitrogen and oxygen atoms in total. The molecule has 11 heteroatoms. The number of alkyl carbamates (subject to hydrolysis) is 1. The number of aromatic amines is 2. The summed E-state index contributed by atoms with van der Waals surface area (Å²) in [5.74, 6) is 0.179. The second kappa shape index (κ2) is 11.2. The maximum atomic E-state index is 12.7. The van der Waals surface area contributed by atoms with E-state index in [1.165, 1.54) is 0 Å². The molecule has 2 unspecified atom stereocenters. The van der Waals surface area contributed by atoms with E-state index in [4.69, 9.17) is 4.74 Å². The number of amides is 3. The molecule has 0 saturated carbocycles. The second-order valence-corrected chi connectivity index (χ2v) is 9.98. The number of aryl methyl sites for hydroxylation is 1. The molecular weight excluding hydrogens is 486 g/mol. The third-order valence-electron chi connectivity index (χ3n) is 5.69. The highest BCUT2D eigenvalue weighted by Crippen LogP contribution is 2.20. The van der Waals surface area contributed by atoms with Gasteiger partial charge in [-0.2, -0.15) is 0 Å². The van der Waals surface area contributed by atoms with Gasteiger partial charge in [-0.15, -0.1) is 0 Å². The van der Waals surface area contributed by atoms with Gasteiger partial charge in [0.1, 0.15) is 17.0 Å². The molecule has 38 heavy (non-hydrogen) atoms. The van der Waals surface area contributed by atoms with Gasteiger partial charge in [-0.25, -0.2) is 9.79 Å². The standard InChI is InChI=1S/C17H23N5O3.C10H10N2O/c1-10-8-12(18-9-10)14(23)22-7-5-6-11-13(22)20-15(19-11)21-16(24)25-17(2,3)4;13-10(9-5-4-6-11-9)12-7-2-1-3-8-12/h5-6,8-9,11,13,18H,7H2,1-4H3,(H2,19,20,21,24);1-7,11H,8H2. The van der Waals surface area contributed by atoms with Gasteiger partial charge in [0.2, 0.25) is 5.96 Å². The number of aromatic nitrogens is 2. The summed E-state index contributed by atoms with van der Waals surface area (Å²) in [5.41, 5.74) is 1.55. The van der Waals surface area contributed by atoms with E-state index in [9.17, 15) is 14.4 Å². The fourth-order valence-electron chi connectivity index (χ4n) is 4.01. The minimum Gasteiger partial charge on any atom is -0.444 e. The number of allylic oxidation sites excluding steroid dienone is 2. The Morgan fingerprint density at radius 3 is 2.53 bits per heavy atom. The van der Waals surface area contributed by atoms with Crippen molar-refractivity contribution < 1.29 is 19.1 Å². The average Bonchev–Trinajstić information content (AvgIpc) is 3.63. The van der Waals surface area contributed by atoms with Crippen LogP contribution in [0.15, 0.2) is 72.2 Å². The fourth-order valence-corrected chi connectivity index (χ4v) is 4.01. The first-order chi connectivity index (χ1) is 18.1. The minimum absolute atomic E-state index is 0.00519. The molecule has 3 aliphatic heterocycles. The molecule has 0 saturated heterocycles. The number of nitrogens with one attached hydrogen (secondary N) is 4. The summed E-state index contributed by atoms with van der Waals surface area (Å²) < 4.78 is 5.22. The minimum atomic E-state index is -0.594. The van der Waals surface area contributed by atoms with E-state index in [0.717, 1.165) is 5.56 Å². The molecule has 0 aromatic carbocycles. The van der Waals surface area contributed by atoms with Gasteiger partial charge in [-0.1, -0.05) is 24.3 Å². The maximum absolute atomic E-state index is 12.7. The van der Waals surface area contributed by atoms with Crippen molar-refractivity contribution in [2.45, 2.75) is 45.5 Å². The van der Waals surface area contributed by atoms with Crippen molar-refractivity contribution in [2.24, 2.45) is 4.99 Å². The van der Waals surface area contributed by atoms with E-state index in [0.29, 0.717) is 30.4 Å². The third kappa shape index (κ3) is 6.61. The van der Waals surface area contributed by atoms with Gasteiger partial charge in [0, 0.05) is 31.7 Å². The molecule has 5 heterocycles. The summed E-state index contributed by atoms with van der Waals surface area (Å²) >= 11 is 0. The van der Waals surface area contributed by atoms with E-state index < -0.39 is 17.9 Å². The van der Waals surface area contributed by atoms with Gasteiger partial charge >= 0.3 is 6.09 Å². The van der Waals surface area contributed by atoms with Crippen LogP contribution in [0.25, 0.3) is 0 Å². The molecule has 0 radical (unpaired) electrons. The normalized spacial score (nSPS) is 19.6. The molecule has 0 bridgehead atoms. The van der Waals surface area contributed by atoms with Gasteiger partial charge in [-0.05, 0) is 57.5 Å². The molecule has 4 N–H and O–H groups in total. The lowest BCUT2D eigenvalue weighted by Crippen LogP contribution is -2.50. The number of guanidine groups is 1. The molecule has 2 atom stereocenters. The molecule has 2 aromatic rings. The largest absolute Gasteiger partial charge is 0.444 e. The van der Waals surface area contributed by atoms with Crippen LogP contribution in [0.5, 0.6) is 0 Å². The van der Waals surface area contributed by atoms with Crippen molar-refractivity contribution in [3.63, 3.8) is 0 Å². The van der Waals surface area contributed by atoms with Crippen molar-refractivity contribution >= 4 is 23.9 Å². The molecule has 3 aliphatic rings.